The van der Waals surface area contributed by atoms with Crippen LogP contribution < -0.4 is 14.8 Å². The number of anilines is 1. The van der Waals surface area contributed by atoms with Gasteiger partial charge in [-0.2, -0.15) is 0 Å². The first-order valence-corrected chi connectivity index (χ1v) is 10.5. The molecule has 3 heterocycles. The van der Waals surface area contributed by atoms with Gasteiger partial charge in [-0.3, -0.25) is 24.2 Å². The third-order valence-corrected chi connectivity index (χ3v) is 6.54. The Labute approximate surface area is 174 Å². The third kappa shape index (κ3) is 3.45. The smallest absolute Gasteiger partial charge is 0.234 e. The number of piperidine rings is 1. The fourth-order valence-electron chi connectivity index (χ4n) is 4.76. The summed E-state index contributed by atoms with van der Waals surface area (Å²) in [4.78, 5) is 41.5. The van der Waals surface area contributed by atoms with Gasteiger partial charge in [-0.05, 0) is 37.8 Å². The van der Waals surface area contributed by atoms with Crippen LogP contribution in [0.4, 0.5) is 5.69 Å². The summed E-state index contributed by atoms with van der Waals surface area (Å²) < 4.78 is 10.6. The van der Waals surface area contributed by atoms with Crippen LogP contribution in [0, 0.1) is 17.8 Å². The zero-order valence-electron chi connectivity index (χ0n) is 16.7. The maximum Gasteiger partial charge on any atom is 0.234 e. The number of hydrogen-bond acceptors (Lipinski definition) is 6. The number of nitrogens with one attached hydrogen (secondary N) is 1. The lowest BCUT2D eigenvalue weighted by atomic mass is 9.85. The first-order chi connectivity index (χ1) is 14.6. The van der Waals surface area contributed by atoms with Crippen molar-refractivity contribution in [1.82, 2.24) is 9.80 Å². The van der Waals surface area contributed by atoms with Crippen LogP contribution in [0.3, 0.4) is 0 Å². The maximum atomic E-state index is 12.7. The van der Waals surface area contributed by atoms with Crippen molar-refractivity contribution >= 4 is 23.4 Å². The minimum atomic E-state index is -0.187. The minimum Gasteiger partial charge on any atom is -0.454 e. The van der Waals surface area contributed by atoms with E-state index in [9.17, 15) is 14.4 Å². The summed E-state index contributed by atoms with van der Waals surface area (Å²) in [5, 5.41) is 2.96. The molecule has 158 valence electrons. The largest absolute Gasteiger partial charge is 0.454 e. The highest BCUT2D eigenvalue weighted by molar-refractivity contribution is 6.05. The van der Waals surface area contributed by atoms with E-state index in [0.29, 0.717) is 62.6 Å². The number of fused-ring (bicyclic) bond motifs is 2. The Morgan fingerprint density at radius 3 is 2.37 bits per heavy atom. The lowest BCUT2D eigenvalue weighted by Gasteiger charge is -2.33. The second-order valence-corrected chi connectivity index (χ2v) is 8.35. The lowest BCUT2D eigenvalue weighted by molar-refractivity contribution is -0.143. The summed E-state index contributed by atoms with van der Waals surface area (Å²) in [6.45, 7) is 1.90. The van der Waals surface area contributed by atoms with Crippen molar-refractivity contribution in [3.05, 3.63) is 30.4 Å². The normalized spacial score (nSPS) is 26.2. The summed E-state index contributed by atoms with van der Waals surface area (Å²) in [5.74, 6) is 0.748. The Hall–Kier alpha value is -2.87. The molecule has 1 aliphatic carbocycles. The van der Waals surface area contributed by atoms with Gasteiger partial charge in [-0.15, -0.1) is 0 Å². The SMILES string of the molecule is O=C(Nc1ccc2c(c1)OCO2)C1CCN(CN2C(=O)[C@H]3CC=CC[C@@H]3C2=O)CC1. The average Bonchev–Trinajstić information content (AvgIpc) is 3.33. The summed E-state index contributed by atoms with van der Waals surface area (Å²) in [7, 11) is 0. The fraction of sp³-hybridized carbons (Fsp3) is 0.500. The van der Waals surface area contributed by atoms with Gasteiger partial charge in [0.15, 0.2) is 11.5 Å². The molecule has 4 aliphatic rings. The highest BCUT2D eigenvalue weighted by atomic mass is 16.7. The average molecular weight is 411 g/mol. The number of amides is 3. The number of carbonyl (C=O) groups excluding carboxylic acids is 3. The predicted octanol–water partition coefficient (Wildman–Crippen LogP) is 1.97. The van der Waals surface area contributed by atoms with Gasteiger partial charge in [0.1, 0.15) is 0 Å². The van der Waals surface area contributed by atoms with Crippen molar-refractivity contribution in [2.45, 2.75) is 25.7 Å². The van der Waals surface area contributed by atoms with Gasteiger partial charge in [0.05, 0.1) is 18.5 Å². The number of likely N-dealkylation sites (tertiary alicyclic amines) is 2. The van der Waals surface area contributed by atoms with Gasteiger partial charge >= 0.3 is 0 Å². The Balaban J connectivity index is 1.13. The Morgan fingerprint density at radius 2 is 1.67 bits per heavy atom. The van der Waals surface area contributed by atoms with E-state index in [4.69, 9.17) is 9.47 Å². The molecule has 2 saturated heterocycles. The fourth-order valence-corrected chi connectivity index (χ4v) is 4.76. The van der Waals surface area contributed by atoms with Crippen LogP contribution in [-0.2, 0) is 14.4 Å². The lowest BCUT2D eigenvalue weighted by Crippen LogP contribution is -2.46. The van der Waals surface area contributed by atoms with E-state index in [0.717, 1.165) is 0 Å². The molecule has 5 rings (SSSR count). The van der Waals surface area contributed by atoms with E-state index in [1.807, 2.05) is 12.2 Å². The van der Waals surface area contributed by atoms with Gasteiger partial charge in [-0.1, -0.05) is 12.2 Å². The van der Waals surface area contributed by atoms with Crippen LogP contribution >= 0.6 is 0 Å². The topological polar surface area (TPSA) is 88.2 Å². The molecule has 0 spiro atoms. The van der Waals surface area contributed by atoms with Crippen LogP contribution in [0.5, 0.6) is 11.5 Å². The zero-order valence-corrected chi connectivity index (χ0v) is 16.7. The number of hydrogen-bond donors (Lipinski definition) is 1. The van der Waals surface area contributed by atoms with Gasteiger partial charge in [0.2, 0.25) is 24.5 Å². The van der Waals surface area contributed by atoms with Crippen LogP contribution in [0.1, 0.15) is 25.7 Å². The second-order valence-electron chi connectivity index (χ2n) is 8.35. The molecule has 30 heavy (non-hydrogen) atoms. The molecule has 3 amide bonds. The number of imide groups is 1. The second kappa shape index (κ2) is 7.75. The number of nitrogens with zero attached hydrogens (tertiary/aromatic N) is 2. The summed E-state index contributed by atoms with van der Waals surface area (Å²) >= 11 is 0. The maximum absolute atomic E-state index is 12.7. The highest BCUT2D eigenvalue weighted by Gasteiger charge is 2.47. The van der Waals surface area contributed by atoms with E-state index in [2.05, 4.69) is 10.2 Å². The molecule has 0 bridgehead atoms. The monoisotopic (exact) mass is 411 g/mol. The van der Waals surface area contributed by atoms with Crippen molar-refractivity contribution in [2.24, 2.45) is 17.8 Å². The molecule has 1 aromatic carbocycles. The molecule has 2 atom stereocenters. The summed E-state index contributed by atoms with van der Waals surface area (Å²) in [5.41, 5.74) is 0.691. The molecular weight excluding hydrogens is 386 g/mol. The van der Waals surface area contributed by atoms with E-state index in [1.165, 1.54) is 4.90 Å². The first kappa shape index (κ1) is 19.1. The Morgan fingerprint density at radius 1 is 1.00 bits per heavy atom. The summed E-state index contributed by atoms with van der Waals surface area (Å²) in [6.07, 6.45) is 6.71. The van der Waals surface area contributed by atoms with Crippen LogP contribution in [0.15, 0.2) is 30.4 Å². The molecule has 1 N–H and O–H groups in total. The van der Waals surface area contributed by atoms with Crippen LogP contribution in [0.25, 0.3) is 0 Å². The van der Waals surface area contributed by atoms with E-state index >= 15 is 0 Å². The number of benzene rings is 1. The first-order valence-electron chi connectivity index (χ1n) is 10.5. The molecule has 0 unspecified atom stereocenters. The standard InChI is InChI=1S/C22H25N3O5/c26-20(23-15-5-6-18-19(11-15)30-13-29-18)14-7-9-24(10-8-14)12-25-21(27)16-3-1-2-4-17(16)22(25)28/h1-2,5-6,11,14,16-17H,3-4,7-10,12-13H2,(H,23,26)/t16-,17-/m0/s1. The molecular formula is C22H25N3O5. The van der Waals surface area contributed by atoms with Gasteiger partial charge in [0, 0.05) is 30.8 Å². The van der Waals surface area contributed by atoms with E-state index in [-0.39, 0.29) is 42.3 Å². The molecule has 1 aromatic rings. The van der Waals surface area contributed by atoms with Gasteiger partial charge in [0.25, 0.3) is 0 Å². The minimum absolute atomic E-state index is 0.0149. The van der Waals surface area contributed by atoms with E-state index < -0.39 is 0 Å². The van der Waals surface area contributed by atoms with E-state index in [1.54, 1.807) is 18.2 Å². The van der Waals surface area contributed by atoms with Crippen molar-refractivity contribution in [1.29, 1.82) is 0 Å². The van der Waals surface area contributed by atoms with Crippen molar-refractivity contribution in [3.8, 4) is 11.5 Å². The van der Waals surface area contributed by atoms with Crippen LogP contribution in [-0.4, -0.2) is 54.1 Å². The number of rotatable bonds is 4. The third-order valence-electron chi connectivity index (χ3n) is 6.54. The Bertz CT molecular complexity index is 880. The molecule has 0 radical (unpaired) electrons. The van der Waals surface area contributed by atoms with Crippen molar-refractivity contribution in [3.63, 3.8) is 0 Å². The summed E-state index contributed by atoms with van der Waals surface area (Å²) in [6, 6.07) is 5.37. The van der Waals surface area contributed by atoms with Crippen LogP contribution in [0.2, 0.25) is 0 Å². The highest BCUT2D eigenvalue weighted by Crippen LogP contribution is 2.36. The van der Waals surface area contributed by atoms with Crippen molar-refractivity contribution < 1.29 is 23.9 Å². The predicted molar refractivity (Wildman–Crippen MR) is 108 cm³/mol. The molecule has 0 aromatic heterocycles. The Kier molecular flexibility index (Phi) is 4.94. The quantitative estimate of drug-likeness (QED) is 0.602. The number of carbonyl (C=O) groups is 3. The number of allylic oxidation sites excluding steroid dienone is 2. The number of ether oxygens (including phenoxy) is 2. The molecule has 8 heteroatoms. The zero-order chi connectivity index (χ0) is 20.7. The molecule has 8 nitrogen and oxygen atoms in total. The van der Waals surface area contributed by atoms with Gasteiger partial charge < -0.3 is 14.8 Å². The molecule has 0 saturated carbocycles. The molecule has 3 aliphatic heterocycles. The molecule has 2 fully saturated rings. The van der Waals surface area contributed by atoms with Gasteiger partial charge in [-0.25, -0.2) is 0 Å². The van der Waals surface area contributed by atoms with Crippen molar-refractivity contribution in [2.75, 3.05) is 31.9 Å².